The molecule has 0 aliphatic heterocycles. The quantitative estimate of drug-likeness (QED) is 0.535. The average Bonchev–Trinajstić information content (AvgIpc) is 2.26. The number of nitrogens with zero attached hydrogens (tertiary/aromatic N) is 1. The Morgan fingerprint density at radius 1 is 1.57 bits per heavy atom. The van der Waals surface area contributed by atoms with Gasteiger partial charge in [-0.05, 0) is 6.07 Å². The van der Waals surface area contributed by atoms with E-state index in [-0.39, 0.29) is 6.61 Å². The zero-order valence-corrected chi connectivity index (χ0v) is 7.56. The number of benzene rings is 1. The summed E-state index contributed by atoms with van der Waals surface area (Å²) in [6.07, 6.45) is 1.09. The second kappa shape index (κ2) is 4.83. The Labute approximate surface area is 82.2 Å². The molecule has 0 unspecified atom stereocenters. The lowest BCUT2D eigenvalue weighted by Crippen LogP contribution is -2.01. The van der Waals surface area contributed by atoms with Gasteiger partial charge in [0.05, 0.1) is 11.6 Å². The molecule has 0 radical (unpaired) electrons. The van der Waals surface area contributed by atoms with Crippen molar-refractivity contribution in [3.05, 3.63) is 48.0 Å². The third kappa shape index (κ3) is 2.46. The summed E-state index contributed by atoms with van der Waals surface area (Å²) >= 11 is 0. The molecule has 3 nitrogen and oxygen atoms in total. The number of hydrogen-bond acceptors (Lipinski definition) is 3. The number of carbonyl (C=O) groups is 1. The maximum absolute atomic E-state index is 10.8. The molecule has 0 aliphatic carbocycles. The monoisotopic (exact) mass is 187 g/mol. The topological polar surface area (TPSA) is 50.1 Å². The molecule has 0 aromatic heterocycles. The highest BCUT2D eigenvalue weighted by Gasteiger charge is 2.02. The molecule has 0 amide bonds. The van der Waals surface area contributed by atoms with Gasteiger partial charge in [0.2, 0.25) is 0 Å². The van der Waals surface area contributed by atoms with Crippen molar-refractivity contribution in [1.29, 1.82) is 5.26 Å². The first-order chi connectivity index (χ1) is 6.77. The number of nitriles is 1. The first-order valence-electron chi connectivity index (χ1n) is 4.05. The molecule has 0 atom stereocenters. The number of hydrogen-bond donors (Lipinski definition) is 0. The van der Waals surface area contributed by atoms with Gasteiger partial charge in [0.15, 0.2) is 0 Å². The molecule has 0 heterocycles. The lowest BCUT2D eigenvalue weighted by molar-refractivity contribution is -0.138. The number of ether oxygens (including phenoxy) is 1. The van der Waals surface area contributed by atoms with Crippen molar-refractivity contribution < 1.29 is 9.53 Å². The standard InChI is InChI=1S/C11H9NO2/c1-2-11(13)14-8-10-6-4-3-5-9(10)7-12/h2-6H,1,8H2. The Kier molecular flexibility index (Phi) is 3.45. The minimum Gasteiger partial charge on any atom is -0.458 e. The van der Waals surface area contributed by atoms with E-state index in [0.29, 0.717) is 11.1 Å². The fourth-order valence-electron chi connectivity index (χ4n) is 0.963. The van der Waals surface area contributed by atoms with E-state index in [2.05, 4.69) is 6.58 Å². The van der Waals surface area contributed by atoms with Crippen LogP contribution in [-0.2, 0) is 16.1 Å². The summed E-state index contributed by atoms with van der Waals surface area (Å²) in [4.78, 5) is 10.8. The smallest absolute Gasteiger partial charge is 0.330 e. The van der Waals surface area contributed by atoms with Crippen LogP contribution >= 0.6 is 0 Å². The van der Waals surface area contributed by atoms with E-state index < -0.39 is 5.97 Å². The van der Waals surface area contributed by atoms with Crippen LogP contribution in [0.4, 0.5) is 0 Å². The van der Waals surface area contributed by atoms with Crippen molar-refractivity contribution >= 4 is 5.97 Å². The third-order valence-electron chi connectivity index (χ3n) is 1.67. The maximum atomic E-state index is 10.8. The maximum Gasteiger partial charge on any atom is 0.330 e. The molecule has 70 valence electrons. The predicted octanol–water partition coefficient (Wildman–Crippen LogP) is 1.79. The number of carbonyl (C=O) groups excluding carboxylic acids is 1. The van der Waals surface area contributed by atoms with Crippen LogP contribution in [0, 0.1) is 11.3 Å². The van der Waals surface area contributed by atoms with Gasteiger partial charge >= 0.3 is 5.97 Å². The van der Waals surface area contributed by atoms with Gasteiger partial charge in [-0.1, -0.05) is 24.8 Å². The molecule has 1 rings (SSSR count). The van der Waals surface area contributed by atoms with Crippen molar-refractivity contribution in [3.8, 4) is 6.07 Å². The zero-order chi connectivity index (χ0) is 10.4. The van der Waals surface area contributed by atoms with Crippen molar-refractivity contribution in [2.24, 2.45) is 0 Å². The molecular formula is C11H9NO2. The van der Waals surface area contributed by atoms with Crippen molar-refractivity contribution in [3.63, 3.8) is 0 Å². The highest BCUT2D eigenvalue weighted by Crippen LogP contribution is 2.08. The van der Waals surface area contributed by atoms with Gasteiger partial charge in [-0.15, -0.1) is 0 Å². The summed E-state index contributed by atoms with van der Waals surface area (Å²) in [6, 6.07) is 8.99. The molecule has 0 bridgehead atoms. The van der Waals surface area contributed by atoms with Crippen molar-refractivity contribution in [2.45, 2.75) is 6.61 Å². The summed E-state index contributed by atoms with van der Waals surface area (Å²) in [5, 5.41) is 8.73. The second-order valence-corrected chi connectivity index (χ2v) is 2.58. The van der Waals surface area contributed by atoms with E-state index in [1.807, 2.05) is 6.07 Å². The lowest BCUT2D eigenvalue weighted by Gasteiger charge is -2.03. The van der Waals surface area contributed by atoms with Gasteiger partial charge in [-0.25, -0.2) is 4.79 Å². The number of esters is 1. The van der Waals surface area contributed by atoms with Crippen LogP contribution in [0.1, 0.15) is 11.1 Å². The van der Waals surface area contributed by atoms with Crippen LogP contribution in [0.15, 0.2) is 36.9 Å². The van der Waals surface area contributed by atoms with Crippen LogP contribution < -0.4 is 0 Å². The summed E-state index contributed by atoms with van der Waals surface area (Å²) in [5.41, 5.74) is 1.22. The Bertz CT molecular complexity index is 391. The predicted molar refractivity (Wildman–Crippen MR) is 51.2 cm³/mol. The summed E-state index contributed by atoms with van der Waals surface area (Å²) in [5.74, 6) is -0.488. The molecule has 0 saturated carbocycles. The molecule has 0 N–H and O–H groups in total. The van der Waals surface area contributed by atoms with Crippen molar-refractivity contribution in [1.82, 2.24) is 0 Å². The zero-order valence-electron chi connectivity index (χ0n) is 7.56. The van der Waals surface area contributed by atoms with E-state index in [4.69, 9.17) is 10.00 Å². The minimum atomic E-state index is -0.488. The van der Waals surface area contributed by atoms with E-state index in [1.165, 1.54) is 0 Å². The van der Waals surface area contributed by atoms with E-state index in [9.17, 15) is 4.79 Å². The molecule has 14 heavy (non-hydrogen) atoms. The Balaban J connectivity index is 2.72. The normalized spacial score (nSPS) is 8.79. The van der Waals surface area contributed by atoms with Gasteiger partial charge in [0, 0.05) is 11.6 Å². The fourth-order valence-corrected chi connectivity index (χ4v) is 0.963. The molecular weight excluding hydrogens is 178 g/mol. The third-order valence-corrected chi connectivity index (χ3v) is 1.67. The van der Waals surface area contributed by atoms with Crippen LogP contribution in [0.2, 0.25) is 0 Å². The molecule has 1 aromatic carbocycles. The molecule has 0 saturated heterocycles. The van der Waals surface area contributed by atoms with Gasteiger partial charge in [0.25, 0.3) is 0 Å². The summed E-state index contributed by atoms with van der Waals surface area (Å²) < 4.78 is 4.81. The summed E-state index contributed by atoms with van der Waals surface area (Å²) in [6.45, 7) is 3.38. The molecule has 0 aliphatic rings. The van der Waals surface area contributed by atoms with E-state index in [0.717, 1.165) is 6.08 Å². The van der Waals surface area contributed by atoms with Gasteiger partial charge in [0.1, 0.15) is 6.61 Å². The van der Waals surface area contributed by atoms with E-state index in [1.54, 1.807) is 24.3 Å². The fraction of sp³-hybridized carbons (Fsp3) is 0.0909. The van der Waals surface area contributed by atoms with Crippen LogP contribution in [0.3, 0.4) is 0 Å². The largest absolute Gasteiger partial charge is 0.458 e. The average molecular weight is 187 g/mol. The SMILES string of the molecule is C=CC(=O)OCc1ccccc1C#N. The first-order valence-corrected chi connectivity index (χ1v) is 4.05. The Morgan fingerprint density at radius 3 is 2.93 bits per heavy atom. The molecule has 1 aromatic rings. The van der Waals surface area contributed by atoms with E-state index >= 15 is 0 Å². The van der Waals surface area contributed by atoms with Crippen LogP contribution in [0.25, 0.3) is 0 Å². The van der Waals surface area contributed by atoms with Crippen LogP contribution in [-0.4, -0.2) is 5.97 Å². The van der Waals surface area contributed by atoms with Gasteiger partial charge < -0.3 is 4.74 Å². The lowest BCUT2D eigenvalue weighted by atomic mass is 10.1. The number of rotatable bonds is 3. The highest BCUT2D eigenvalue weighted by molar-refractivity contribution is 5.81. The molecule has 3 heteroatoms. The first kappa shape index (κ1) is 10.0. The van der Waals surface area contributed by atoms with Gasteiger partial charge in [-0.3, -0.25) is 0 Å². The van der Waals surface area contributed by atoms with Gasteiger partial charge in [-0.2, -0.15) is 5.26 Å². The molecule has 0 fully saturated rings. The Hall–Kier alpha value is -2.08. The second-order valence-electron chi connectivity index (χ2n) is 2.58. The summed E-state index contributed by atoms with van der Waals surface area (Å²) in [7, 11) is 0. The highest BCUT2D eigenvalue weighted by atomic mass is 16.5. The van der Waals surface area contributed by atoms with Crippen molar-refractivity contribution in [2.75, 3.05) is 0 Å². The minimum absolute atomic E-state index is 0.106. The Morgan fingerprint density at radius 2 is 2.29 bits per heavy atom. The molecule has 0 spiro atoms. The van der Waals surface area contributed by atoms with Crippen LogP contribution in [0.5, 0.6) is 0 Å².